The van der Waals surface area contributed by atoms with Crippen LogP contribution in [0.15, 0.2) is 51.8 Å². The number of nitrogens with zero attached hydrogens (tertiary/aromatic N) is 2. The van der Waals surface area contributed by atoms with Crippen molar-refractivity contribution >= 4 is 22.0 Å². The first kappa shape index (κ1) is 18.4. The molecule has 0 aliphatic carbocycles. The maximum atomic E-state index is 12.7. The molecule has 0 unspecified atom stereocenters. The Balaban J connectivity index is 1.60. The SMILES string of the molecule is Cc1ccc(S(=O)(=O)N2CCN(C(=O)/C=C/c3ccc(C)o3)CC2)cc1. The zero-order valence-electron chi connectivity index (χ0n) is 14.9. The average Bonchev–Trinajstić information content (AvgIpc) is 3.05. The molecule has 1 aliphatic rings. The van der Waals surface area contributed by atoms with E-state index >= 15 is 0 Å². The first-order valence-electron chi connectivity index (χ1n) is 8.46. The lowest BCUT2D eigenvalue weighted by Crippen LogP contribution is -2.50. The molecule has 1 fully saturated rings. The van der Waals surface area contributed by atoms with Crippen LogP contribution in [0.25, 0.3) is 6.08 Å². The van der Waals surface area contributed by atoms with E-state index < -0.39 is 10.0 Å². The standard InChI is InChI=1S/C19H22N2O4S/c1-15-3-8-18(9-4-15)26(23,24)21-13-11-20(12-14-21)19(22)10-7-17-6-5-16(2)25-17/h3-10H,11-14H2,1-2H3/b10-7+. The molecule has 26 heavy (non-hydrogen) atoms. The van der Waals surface area contributed by atoms with E-state index in [0.717, 1.165) is 11.3 Å². The van der Waals surface area contributed by atoms with Gasteiger partial charge in [-0.25, -0.2) is 8.42 Å². The van der Waals surface area contributed by atoms with E-state index in [0.29, 0.717) is 18.8 Å². The van der Waals surface area contributed by atoms with Crippen molar-refractivity contribution < 1.29 is 17.6 Å². The van der Waals surface area contributed by atoms with Crippen LogP contribution in [0, 0.1) is 13.8 Å². The van der Waals surface area contributed by atoms with Crippen LogP contribution < -0.4 is 0 Å². The van der Waals surface area contributed by atoms with E-state index in [1.807, 2.05) is 19.9 Å². The summed E-state index contributed by atoms with van der Waals surface area (Å²) in [5, 5.41) is 0. The Hall–Kier alpha value is -2.38. The molecule has 0 radical (unpaired) electrons. The van der Waals surface area contributed by atoms with Gasteiger partial charge >= 0.3 is 0 Å². The number of carbonyl (C=O) groups excluding carboxylic acids is 1. The van der Waals surface area contributed by atoms with E-state index in [-0.39, 0.29) is 23.9 Å². The highest BCUT2D eigenvalue weighted by Crippen LogP contribution is 2.18. The van der Waals surface area contributed by atoms with Crippen LogP contribution in [0.1, 0.15) is 17.1 Å². The Labute approximate surface area is 153 Å². The van der Waals surface area contributed by atoms with E-state index in [1.165, 1.54) is 10.4 Å². The normalized spacial score (nSPS) is 16.3. The molecule has 3 rings (SSSR count). The summed E-state index contributed by atoms with van der Waals surface area (Å²) in [6, 6.07) is 10.4. The fourth-order valence-corrected chi connectivity index (χ4v) is 4.23. The molecule has 1 aromatic heterocycles. The number of sulfonamides is 1. The second-order valence-corrected chi connectivity index (χ2v) is 8.26. The van der Waals surface area contributed by atoms with Crippen LogP contribution in [-0.4, -0.2) is 49.7 Å². The molecule has 1 saturated heterocycles. The van der Waals surface area contributed by atoms with Gasteiger partial charge in [0.15, 0.2) is 0 Å². The highest BCUT2D eigenvalue weighted by molar-refractivity contribution is 7.89. The first-order chi connectivity index (χ1) is 12.4. The summed E-state index contributed by atoms with van der Waals surface area (Å²) in [7, 11) is -3.52. The molecule has 0 spiro atoms. The molecule has 0 atom stereocenters. The van der Waals surface area contributed by atoms with Gasteiger partial charge in [0.05, 0.1) is 4.90 Å². The third-order valence-electron chi connectivity index (χ3n) is 4.36. The molecule has 2 aromatic rings. The van der Waals surface area contributed by atoms with Crippen molar-refractivity contribution in [3.05, 3.63) is 59.6 Å². The summed E-state index contributed by atoms with van der Waals surface area (Å²) in [4.78, 5) is 14.2. The highest BCUT2D eigenvalue weighted by Gasteiger charge is 2.29. The van der Waals surface area contributed by atoms with E-state index in [9.17, 15) is 13.2 Å². The van der Waals surface area contributed by atoms with Crippen LogP contribution in [-0.2, 0) is 14.8 Å². The molecule has 2 heterocycles. The topological polar surface area (TPSA) is 70.8 Å². The van der Waals surface area contributed by atoms with Gasteiger partial charge in [0.25, 0.3) is 0 Å². The summed E-state index contributed by atoms with van der Waals surface area (Å²) in [5.74, 6) is 1.26. The largest absolute Gasteiger partial charge is 0.462 e. The fourth-order valence-electron chi connectivity index (χ4n) is 2.81. The van der Waals surface area contributed by atoms with E-state index in [1.54, 1.807) is 41.3 Å². The summed E-state index contributed by atoms with van der Waals surface area (Å²) >= 11 is 0. The number of rotatable bonds is 4. The molecule has 1 aliphatic heterocycles. The molecule has 0 N–H and O–H groups in total. The molecule has 6 nitrogen and oxygen atoms in total. The zero-order chi connectivity index (χ0) is 18.7. The maximum Gasteiger partial charge on any atom is 0.246 e. The van der Waals surface area contributed by atoms with Gasteiger partial charge < -0.3 is 9.32 Å². The van der Waals surface area contributed by atoms with Crippen LogP contribution in [0.5, 0.6) is 0 Å². The van der Waals surface area contributed by atoms with Gasteiger partial charge in [-0.1, -0.05) is 17.7 Å². The Morgan fingerprint density at radius 1 is 1.00 bits per heavy atom. The van der Waals surface area contributed by atoms with Gasteiger partial charge in [0, 0.05) is 32.3 Å². The van der Waals surface area contributed by atoms with Gasteiger partial charge in [-0.2, -0.15) is 4.31 Å². The predicted molar refractivity (Wildman–Crippen MR) is 99.0 cm³/mol. The minimum absolute atomic E-state index is 0.147. The number of hydrogen-bond donors (Lipinski definition) is 0. The Kier molecular flexibility index (Phi) is 5.29. The Morgan fingerprint density at radius 2 is 1.65 bits per heavy atom. The van der Waals surface area contributed by atoms with Crippen molar-refractivity contribution in [2.45, 2.75) is 18.7 Å². The lowest BCUT2D eigenvalue weighted by Gasteiger charge is -2.33. The van der Waals surface area contributed by atoms with Gasteiger partial charge in [0.2, 0.25) is 15.9 Å². The molecule has 0 bridgehead atoms. The van der Waals surface area contributed by atoms with E-state index in [2.05, 4.69) is 0 Å². The molecular weight excluding hydrogens is 352 g/mol. The van der Waals surface area contributed by atoms with Crippen molar-refractivity contribution in [1.29, 1.82) is 0 Å². The zero-order valence-corrected chi connectivity index (χ0v) is 15.7. The van der Waals surface area contributed by atoms with Crippen molar-refractivity contribution in [2.75, 3.05) is 26.2 Å². The van der Waals surface area contributed by atoms with Crippen molar-refractivity contribution in [1.82, 2.24) is 9.21 Å². The number of aryl methyl sites for hydroxylation is 2. The quantitative estimate of drug-likeness (QED) is 0.771. The summed E-state index contributed by atoms with van der Waals surface area (Å²) < 4.78 is 32.2. The van der Waals surface area contributed by atoms with Gasteiger partial charge in [-0.3, -0.25) is 4.79 Å². The predicted octanol–water partition coefficient (Wildman–Crippen LogP) is 2.44. The third kappa shape index (κ3) is 4.05. The molecule has 138 valence electrons. The number of piperazine rings is 1. The van der Waals surface area contributed by atoms with Gasteiger partial charge in [-0.15, -0.1) is 0 Å². The summed E-state index contributed by atoms with van der Waals surface area (Å²) in [6.45, 7) is 5.06. The molecule has 0 saturated carbocycles. The van der Waals surface area contributed by atoms with Crippen molar-refractivity contribution in [3.8, 4) is 0 Å². The molecule has 1 amide bonds. The second kappa shape index (κ2) is 7.47. The number of furan rings is 1. The molecule has 1 aromatic carbocycles. The van der Waals surface area contributed by atoms with Crippen molar-refractivity contribution in [2.24, 2.45) is 0 Å². The van der Waals surface area contributed by atoms with E-state index in [4.69, 9.17) is 4.42 Å². The first-order valence-corrected chi connectivity index (χ1v) is 9.90. The van der Waals surface area contributed by atoms with Crippen LogP contribution in [0.4, 0.5) is 0 Å². The fraction of sp³-hybridized carbons (Fsp3) is 0.316. The van der Waals surface area contributed by atoms with Crippen LogP contribution in [0.3, 0.4) is 0 Å². The van der Waals surface area contributed by atoms with Crippen LogP contribution >= 0.6 is 0 Å². The van der Waals surface area contributed by atoms with Gasteiger partial charge in [-0.05, 0) is 44.2 Å². The number of hydrogen-bond acceptors (Lipinski definition) is 4. The minimum Gasteiger partial charge on any atom is -0.462 e. The number of benzene rings is 1. The molecular formula is C19H22N2O4S. The Bertz CT molecular complexity index is 905. The lowest BCUT2D eigenvalue weighted by atomic mass is 10.2. The Morgan fingerprint density at radius 3 is 2.23 bits per heavy atom. The average molecular weight is 374 g/mol. The van der Waals surface area contributed by atoms with Gasteiger partial charge in [0.1, 0.15) is 11.5 Å². The van der Waals surface area contributed by atoms with Crippen LogP contribution in [0.2, 0.25) is 0 Å². The smallest absolute Gasteiger partial charge is 0.246 e. The summed E-state index contributed by atoms with van der Waals surface area (Å²) in [5.41, 5.74) is 1.01. The van der Waals surface area contributed by atoms with Crippen molar-refractivity contribution in [3.63, 3.8) is 0 Å². The second-order valence-electron chi connectivity index (χ2n) is 6.32. The minimum atomic E-state index is -3.52. The number of amides is 1. The monoisotopic (exact) mass is 374 g/mol. The number of carbonyl (C=O) groups is 1. The third-order valence-corrected chi connectivity index (χ3v) is 6.27. The summed E-state index contributed by atoms with van der Waals surface area (Å²) in [6.07, 6.45) is 3.09. The maximum absolute atomic E-state index is 12.7. The highest BCUT2D eigenvalue weighted by atomic mass is 32.2. The lowest BCUT2D eigenvalue weighted by molar-refractivity contribution is -0.127. The molecule has 7 heteroatoms.